The van der Waals surface area contributed by atoms with Crippen LogP contribution < -0.4 is 0 Å². The van der Waals surface area contributed by atoms with Crippen LogP contribution in [0.5, 0.6) is 11.5 Å². The Kier molecular flexibility index (Phi) is 15.3. The van der Waals surface area contributed by atoms with E-state index in [1.54, 1.807) is 12.1 Å². The maximum Gasteiger partial charge on any atom is -0.147 e. The minimum atomic E-state index is 0. The van der Waals surface area contributed by atoms with Gasteiger partial charge in [0.2, 0.25) is 0 Å². The van der Waals surface area contributed by atoms with E-state index in [2.05, 4.69) is 55.4 Å². The second-order valence-corrected chi connectivity index (χ2v) is 11.4. The van der Waals surface area contributed by atoms with Gasteiger partial charge in [-0.1, -0.05) is 76.9 Å². The van der Waals surface area contributed by atoms with Crippen molar-refractivity contribution in [2.45, 2.75) is 87.0 Å². The summed E-state index contributed by atoms with van der Waals surface area (Å²) in [5, 5.41) is 19.1. The molecule has 0 saturated carbocycles. The second-order valence-electron chi connectivity index (χ2n) is 11.0. The normalized spacial score (nSPS) is 10.5. The van der Waals surface area contributed by atoms with Crippen molar-refractivity contribution in [2.24, 2.45) is 0 Å². The van der Waals surface area contributed by atoms with Gasteiger partial charge in [-0.15, -0.1) is 24.8 Å². The first-order valence-electron chi connectivity index (χ1n) is 11.7. The van der Waals surface area contributed by atoms with Crippen LogP contribution in [-0.4, -0.2) is 14.5 Å². The van der Waals surface area contributed by atoms with Crippen LogP contribution in [0, 0.1) is 34.6 Å². The summed E-state index contributed by atoms with van der Waals surface area (Å²) in [6, 6.07) is 11.4. The standard InChI is InChI=1S/2C11H16O.C8H10O.2ClH.Ti/c2*1-8-5-6-10(12)9(7-8)11(2,3)4;1-5-6(2)8(4)9-7(5)3;;;/h2*5-7,12H,1-4H3;3H,1-2,4H3;2*1H;. The molecule has 2 aromatic carbocycles. The minimum Gasteiger partial charge on any atom is -0.147 e. The Labute approximate surface area is 242 Å². The van der Waals surface area contributed by atoms with E-state index >= 15 is 0 Å². The third kappa shape index (κ3) is 10.8. The topological polar surface area (TPSA) is 53.6 Å². The monoisotopic (exact) mass is 570 g/mol. The zero-order chi connectivity index (χ0) is 26.4. The number of aryl methyl sites for hydroxylation is 3. The van der Waals surface area contributed by atoms with Gasteiger partial charge in [0.15, 0.2) is 0 Å². The molecule has 0 unspecified atom stereocenters. The average molecular weight is 571 g/mol. The van der Waals surface area contributed by atoms with E-state index in [9.17, 15) is 10.2 Å². The van der Waals surface area contributed by atoms with Crippen LogP contribution in [0.3, 0.4) is 0 Å². The second kappa shape index (κ2) is 15.0. The number of phenols is 2. The van der Waals surface area contributed by atoms with Gasteiger partial charge < -0.3 is 10.2 Å². The van der Waals surface area contributed by atoms with Gasteiger partial charge in [0.25, 0.3) is 0 Å². The quantitative estimate of drug-likeness (QED) is 0.287. The molecule has 0 aliphatic rings. The van der Waals surface area contributed by atoms with Gasteiger partial charge in [-0.3, -0.25) is 0 Å². The molecule has 0 bridgehead atoms. The van der Waals surface area contributed by atoms with E-state index in [-0.39, 0.29) is 35.6 Å². The first-order chi connectivity index (χ1) is 15.5. The van der Waals surface area contributed by atoms with Crippen molar-refractivity contribution in [1.82, 2.24) is 0 Å². The summed E-state index contributed by atoms with van der Waals surface area (Å²) in [4.78, 5) is 0. The molecule has 3 nitrogen and oxygen atoms in total. The fraction of sp³-hybridized carbons (Fsp3) is 0.433. The Morgan fingerprint density at radius 3 is 1.22 bits per heavy atom. The minimum absolute atomic E-state index is 0. The van der Waals surface area contributed by atoms with E-state index < -0.39 is 0 Å². The van der Waals surface area contributed by atoms with Crippen molar-refractivity contribution in [3.05, 3.63) is 81.3 Å². The van der Waals surface area contributed by atoms with Crippen LogP contribution in [0.4, 0.5) is 0 Å². The van der Waals surface area contributed by atoms with Gasteiger partial charge in [0.05, 0.1) is 0 Å². The Morgan fingerprint density at radius 1 is 0.667 bits per heavy atom. The number of aromatic hydroxyl groups is 2. The van der Waals surface area contributed by atoms with Crippen molar-refractivity contribution in [2.75, 3.05) is 0 Å². The first-order valence-corrected chi connectivity index (χ1v) is 12.6. The summed E-state index contributed by atoms with van der Waals surface area (Å²) < 4.78 is 7.43. The SMILES string of the molecule is Cc1ccc(O)c(C(C)(C)C)c1.Cc1ccc(O)c(C(C)(C)C)c1.Cc1oc([CH]=[Ti])c(C)c1C.Cl.Cl. The molecular weight excluding hydrogens is 527 g/mol. The van der Waals surface area contributed by atoms with Crippen molar-refractivity contribution >= 4 is 29.1 Å². The third-order valence-electron chi connectivity index (χ3n) is 5.77. The van der Waals surface area contributed by atoms with Gasteiger partial charge in [0, 0.05) is 0 Å². The zero-order valence-electron chi connectivity index (χ0n) is 23.7. The van der Waals surface area contributed by atoms with Gasteiger partial charge >= 0.3 is 72.1 Å². The molecule has 0 fully saturated rings. The smallest absolute Gasteiger partial charge is 0.147 e. The molecule has 1 heterocycles. The number of halogens is 2. The summed E-state index contributed by atoms with van der Waals surface area (Å²) in [5.74, 6) is 2.84. The maximum absolute atomic E-state index is 9.57. The van der Waals surface area contributed by atoms with Crippen molar-refractivity contribution < 1.29 is 34.6 Å². The van der Waals surface area contributed by atoms with Crippen molar-refractivity contribution in [3.8, 4) is 11.5 Å². The molecule has 0 atom stereocenters. The molecule has 0 saturated heterocycles. The maximum atomic E-state index is 9.57. The molecule has 0 amide bonds. The van der Waals surface area contributed by atoms with Crippen LogP contribution in [0.1, 0.15) is 86.4 Å². The molecule has 1 aromatic heterocycles. The number of benzene rings is 2. The largest absolute Gasteiger partial charge is 0.147 e. The van der Waals surface area contributed by atoms with E-state index in [4.69, 9.17) is 4.42 Å². The van der Waals surface area contributed by atoms with Crippen LogP contribution in [0.25, 0.3) is 0 Å². The van der Waals surface area contributed by atoms with Gasteiger partial charge in [0.1, 0.15) is 11.5 Å². The van der Waals surface area contributed by atoms with Gasteiger partial charge in [-0.25, -0.2) is 0 Å². The summed E-state index contributed by atoms with van der Waals surface area (Å²) in [6.45, 7) is 22.8. The predicted molar refractivity (Wildman–Crippen MR) is 156 cm³/mol. The molecule has 36 heavy (non-hydrogen) atoms. The van der Waals surface area contributed by atoms with Crippen LogP contribution in [0.15, 0.2) is 40.8 Å². The predicted octanol–water partition coefficient (Wildman–Crippen LogP) is 8.74. The van der Waals surface area contributed by atoms with Crippen molar-refractivity contribution in [3.63, 3.8) is 0 Å². The summed E-state index contributed by atoms with van der Waals surface area (Å²) in [7, 11) is 0. The van der Waals surface area contributed by atoms with E-state index in [0.29, 0.717) is 11.5 Å². The number of hydrogen-bond donors (Lipinski definition) is 2. The third-order valence-corrected chi connectivity index (χ3v) is 6.18. The fourth-order valence-corrected chi connectivity index (χ4v) is 3.84. The molecule has 0 aliphatic carbocycles. The van der Waals surface area contributed by atoms with Crippen LogP contribution in [0.2, 0.25) is 0 Å². The summed E-state index contributed by atoms with van der Waals surface area (Å²) in [5.41, 5.74) is 7.00. The molecule has 3 rings (SSSR count). The van der Waals surface area contributed by atoms with E-state index in [1.165, 1.54) is 22.3 Å². The molecule has 0 spiro atoms. The van der Waals surface area contributed by atoms with Crippen LogP contribution in [-0.2, 0) is 30.8 Å². The number of rotatable bonds is 1. The average Bonchev–Trinajstić information content (AvgIpc) is 2.97. The molecular formula is C30H44Cl2O3Ti. The first kappa shape index (κ1) is 36.6. The molecule has 200 valence electrons. The van der Waals surface area contributed by atoms with Crippen LogP contribution >= 0.6 is 24.8 Å². The summed E-state index contributed by atoms with van der Waals surface area (Å²) in [6.07, 6.45) is 0. The molecule has 3 aromatic rings. The number of phenolic OH excluding ortho intramolecular Hbond substituents is 2. The molecule has 2 N–H and O–H groups in total. The Balaban J connectivity index is 0. The molecule has 6 heteroatoms. The van der Waals surface area contributed by atoms with Crippen molar-refractivity contribution in [1.29, 1.82) is 0 Å². The summed E-state index contributed by atoms with van der Waals surface area (Å²) >= 11 is 1.99. The Morgan fingerprint density at radius 2 is 1.03 bits per heavy atom. The van der Waals surface area contributed by atoms with E-state index in [1.807, 2.05) is 69.3 Å². The van der Waals surface area contributed by atoms with Gasteiger partial charge in [-0.05, 0) is 47.9 Å². The number of furan rings is 1. The number of hydrogen-bond acceptors (Lipinski definition) is 3. The Hall–Kier alpha value is -1.52. The molecule has 0 aliphatic heterocycles. The van der Waals surface area contributed by atoms with Gasteiger partial charge in [-0.2, -0.15) is 0 Å². The molecule has 0 radical (unpaired) electrons. The zero-order valence-corrected chi connectivity index (χ0v) is 26.9. The van der Waals surface area contributed by atoms with E-state index in [0.717, 1.165) is 22.6 Å². The fourth-order valence-electron chi connectivity index (χ4n) is 3.41. The Bertz CT molecular complexity index is 1060.